The molecule has 0 aliphatic carbocycles. The Morgan fingerprint density at radius 1 is 1.41 bits per heavy atom. The first-order chi connectivity index (χ1) is 10.5. The number of halogens is 1. The van der Waals surface area contributed by atoms with Gasteiger partial charge >= 0.3 is 6.03 Å². The number of nitrogens with zero attached hydrogens (tertiary/aromatic N) is 1. The minimum absolute atomic E-state index is 0.138. The smallest absolute Gasteiger partial charge is 0.317 e. The molecule has 0 bridgehead atoms. The van der Waals surface area contributed by atoms with Gasteiger partial charge in [0.05, 0.1) is 5.92 Å². The number of nitrogens with one attached hydrogen (secondary N) is 2. The van der Waals surface area contributed by atoms with Gasteiger partial charge in [-0.25, -0.2) is 9.18 Å². The van der Waals surface area contributed by atoms with E-state index >= 15 is 0 Å². The molecule has 2 rings (SSSR count). The van der Waals surface area contributed by atoms with Crippen LogP contribution in [-0.4, -0.2) is 36.5 Å². The maximum absolute atomic E-state index is 13.5. The number of hydrogen-bond donors (Lipinski definition) is 2. The molecule has 3 amide bonds. The number of hydrogen-bond acceptors (Lipinski definition) is 2. The molecule has 1 unspecified atom stereocenters. The van der Waals surface area contributed by atoms with E-state index in [1.165, 1.54) is 6.07 Å². The van der Waals surface area contributed by atoms with E-state index in [9.17, 15) is 14.0 Å². The van der Waals surface area contributed by atoms with Crippen LogP contribution in [0.5, 0.6) is 0 Å². The Kier molecular flexibility index (Phi) is 5.35. The molecule has 0 saturated carbocycles. The Balaban J connectivity index is 1.96. The molecule has 0 spiro atoms. The Labute approximate surface area is 129 Å². The van der Waals surface area contributed by atoms with Gasteiger partial charge in [0.2, 0.25) is 5.91 Å². The van der Waals surface area contributed by atoms with E-state index in [0.717, 1.165) is 12.8 Å². The van der Waals surface area contributed by atoms with E-state index < -0.39 is 0 Å². The average Bonchev–Trinajstić information content (AvgIpc) is 2.51. The molecule has 1 heterocycles. The summed E-state index contributed by atoms with van der Waals surface area (Å²) in [6, 6.07) is 4.49. The second-order valence-electron chi connectivity index (χ2n) is 5.57. The van der Waals surface area contributed by atoms with Gasteiger partial charge < -0.3 is 15.5 Å². The molecule has 120 valence electrons. The third-order valence-electron chi connectivity index (χ3n) is 3.85. The number of aryl methyl sites for hydroxylation is 1. The molecule has 1 aliphatic rings. The first-order valence-electron chi connectivity index (χ1n) is 7.61. The fourth-order valence-corrected chi connectivity index (χ4v) is 2.55. The second-order valence-corrected chi connectivity index (χ2v) is 5.57. The number of urea groups is 1. The quantitative estimate of drug-likeness (QED) is 0.901. The second kappa shape index (κ2) is 7.24. The molecule has 6 heteroatoms. The zero-order chi connectivity index (χ0) is 16.1. The standard InChI is InChI=1S/C16H22FN3O2/c1-3-18-16(22)20-8-4-5-12(10-20)15(21)19-13-7-6-11(2)14(17)9-13/h6-7,9,12H,3-5,8,10H2,1-2H3,(H,18,22)(H,19,21). The molecular formula is C16H22FN3O2. The van der Waals surface area contributed by atoms with E-state index in [1.807, 2.05) is 6.92 Å². The number of anilines is 1. The molecule has 1 saturated heterocycles. The molecule has 2 N–H and O–H groups in total. The number of amides is 3. The van der Waals surface area contributed by atoms with Gasteiger partial charge in [0.25, 0.3) is 0 Å². The van der Waals surface area contributed by atoms with Gasteiger partial charge in [0.15, 0.2) is 0 Å². The Morgan fingerprint density at radius 2 is 2.18 bits per heavy atom. The van der Waals surface area contributed by atoms with Crippen LogP contribution in [0.1, 0.15) is 25.3 Å². The highest BCUT2D eigenvalue weighted by Gasteiger charge is 2.28. The largest absolute Gasteiger partial charge is 0.338 e. The van der Waals surface area contributed by atoms with Gasteiger partial charge in [0, 0.05) is 25.3 Å². The van der Waals surface area contributed by atoms with Crippen molar-refractivity contribution >= 4 is 17.6 Å². The zero-order valence-electron chi connectivity index (χ0n) is 13.0. The number of piperidine rings is 1. The van der Waals surface area contributed by atoms with Crippen LogP contribution in [0.3, 0.4) is 0 Å². The molecule has 1 aromatic rings. The number of likely N-dealkylation sites (tertiary alicyclic amines) is 1. The lowest BCUT2D eigenvalue weighted by molar-refractivity contribution is -0.121. The Bertz CT molecular complexity index is 562. The summed E-state index contributed by atoms with van der Waals surface area (Å²) >= 11 is 0. The first-order valence-corrected chi connectivity index (χ1v) is 7.61. The fraction of sp³-hybridized carbons (Fsp3) is 0.500. The van der Waals surface area contributed by atoms with Gasteiger partial charge in [-0.3, -0.25) is 4.79 Å². The van der Waals surface area contributed by atoms with Gasteiger partial charge in [-0.05, 0) is 44.4 Å². The predicted octanol–water partition coefficient (Wildman–Crippen LogP) is 2.51. The highest BCUT2D eigenvalue weighted by molar-refractivity contribution is 5.93. The summed E-state index contributed by atoms with van der Waals surface area (Å²) in [5.74, 6) is -0.775. The van der Waals surface area contributed by atoms with Crippen LogP contribution in [0.4, 0.5) is 14.9 Å². The van der Waals surface area contributed by atoms with Crippen molar-refractivity contribution in [2.45, 2.75) is 26.7 Å². The van der Waals surface area contributed by atoms with E-state index in [0.29, 0.717) is 30.9 Å². The first kappa shape index (κ1) is 16.3. The van der Waals surface area contributed by atoms with Crippen LogP contribution in [0.2, 0.25) is 0 Å². The van der Waals surface area contributed by atoms with Crippen molar-refractivity contribution in [3.05, 3.63) is 29.6 Å². The van der Waals surface area contributed by atoms with Crippen LogP contribution >= 0.6 is 0 Å². The zero-order valence-corrected chi connectivity index (χ0v) is 13.0. The van der Waals surface area contributed by atoms with Gasteiger partial charge in [0.1, 0.15) is 5.82 Å². The van der Waals surface area contributed by atoms with Crippen molar-refractivity contribution in [2.75, 3.05) is 25.0 Å². The maximum Gasteiger partial charge on any atom is 0.317 e. The summed E-state index contributed by atoms with van der Waals surface area (Å²) in [6.07, 6.45) is 1.52. The monoisotopic (exact) mass is 307 g/mol. The molecular weight excluding hydrogens is 285 g/mol. The van der Waals surface area contributed by atoms with E-state index in [4.69, 9.17) is 0 Å². The van der Waals surface area contributed by atoms with Crippen molar-refractivity contribution in [1.29, 1.82) is 0 Å². The SMILES string of the molecule is CCNC(=O)N1CCCC(C(=O)Nc2ccc(C)c(F)c2)C1. The molecule has 5 nitrogen and oxygen atoms in total. The van der Waals surface area contributed by atoms with Crippen LogP contribution in [-0.2, 0) is 4.79 Å². The number of carbonyl (C=O) groups is 2. The predicted molar refractivity (Wildman–Crippen MR) is 83.1 cm³/mol. The van der Waals surface area contributed by atoms with Crippen LogP contribution < -0.4 is 10.6 Å². The lowest BCUT2D eigenvalue weighted by atomic mass is 9.97. The molecule has 1 aliphatic heterocycles. The molecule has 22 heavy (non-hydrogen) atoms. The van der Waals surface area contributed by atoms with Gasteiger partial charge in [-0.2, -0.15) is 0 Å². The van der Waals surface area contributed by atoms with E-state index in [-0.39, 0.29) is 23.7 Å². The van der Waals surface area contributed by atoms with Crippen LogP contribution in [0.25, 0.3) is 0 Å². The van der Waals surface area contributed by atoms with Crippen molar-refractivity contribution in [2.24, 2.45) is 5.92 Å². The lowest BCUT2D eigenvalue weighted by Crippen LogP contribution is -2.47. The minimum Gasteiger partial charge on any atom is -0.338 e. The summed E-state index contributed by atoms with van der Waals surface area (Å²) in [5, 5.41) is 5.48. The molecule has 0 radical (unpaired) electrons. The number of benzene rings is 1. The molecule has 0 aromatic heterocycles. The lowest BCUT2D eigenvalue weighted by Gasteiger charge is -2.32. The van der Waals surface area contributed by atoms with Crippen LogP contribution in [0, 0.1) is 18.7 Å². The van der Waals surface area contributed by atoms with E-state index in [1.54, 1.807) is 24.0 Å². The summed E-state index contributed by atoms with van der Waals surface area (Å²) in [4.78, 5) is 25.8. The van der Waals surface area contributed by atoms with Crippen LogP contribution in [0.15, 0.2) is 18.2 Å². The van der Waals surface area contributed by atoms with Crippen molar-refractivity contribution in [1.82, 2.24) is 10.2 Å². The summed E-state index contributed by atoms with van der Waals surface area (Å²) in [7, 11) is 0. The Hall–Kier alpha value is -2.11. The van der Waals surface area contributed by atoms with Crippen molar-refractivity contribution < 1.29 is 14.0 Å². The van der Waals surface area contributed by atoms with Gasteiger partial charge in [-0.1, -0.05) is 6.07 Å². The number of rotatable bonds is 3. The van der Waals surface area contributed by atoms with Gasteiger partial charge in [-0.15, -0.1) is 0 Å². The highest BCUT2D eigenvalue weighted by atomic mass is 19.1. The third-order valence-corrected chi connectivity index (χ3v) is 3.85. The molecule has 1 fully saturated rings. The molecule has 1 atom stereocenters. The molecule has 1 aromatic carbocycles. The highest BCUT2D eigenvalue weighted by Crippen LogP contribution is 2.20. The fourth-order valence-electron chi connectivity index (χ4n) is 2.55. The topological polar surface area (TPSA) is 61.4 Å². The van der Waals surface area contributed by atoms with Crippen molar-refractivity contribution in [3.63, 3.8) is 0 Å². The summed E-state index contributed by atoms with van der Waals surface area (Å²) in [5.41, 5.74) is 0.987. The average molecular weight is 307 g/mol. The normalized spacial score (nSPS) is 18.0. The summed E-state index contributed by atoms with van der Waals surface area (Å²) < 4.78 is 13.5. The van der Waals surface area contributed by atoms with E-state index in [2.05, 4.69) is 10.6 Å². The maximum atomic E-state index is 13.5. The minimum atomic E-state index is -0.342. The Morgan fingerprint density at radius 3 is 2.86 bits per heavy atom. The number of carbonyl (C=O) groups excluding carboxylic acids is 2. The third kappa shape index (κ3) is 3.96. The van der Waals surface area contributed by atoms with Crippen molar-refractivity contribution in [3.8, 4) is 0 Å². The summed E-state index contributed by atoms with van der Waals surface area (Å²) in [6.45, 7) is 5.15.